The van der Waals surface area contributed by atoms with E-state index in [-0.39, 0.29) is 0 Å². The van der Waals surface area contributed by atoms with Gasteiger partial charge in [0.05, 0.1) is 12.9 Å². The fraction of sp³-hybridized carbons (Fsp3) is 0.870. The number of unbranched alkanes of at least 4 members (excludes halogenated alkanes) is 15. The van der Waals surface area contributed by atoms with Crippen LogP contribution in [0.25, 0.3) is 0 Å². The normalized spacial score (nSPS) is 11.2. The molecule has 0 aromatic heterocycles. The molecule has 0 N–H and O–H groups in total. The minimum atomic E-state index is -0.587. The molecule has 0 saturated carbocycles. The van der Waals surface area contributed by atoms with Gasteiger partial charge in [-0.1, -0.05) is 104 Å². The summed E-state index contributed by atoms with van der Waals surface area (Å²) in [4.78, 5) is 11.2. The number of ether oxygens (including phenoxy) is 2. The predicted molar refractivity (Wildman–Crippen MR) is 111 cm³/mol. The molecule has 0 heterocycles. The Bertz CT molecular complexity index is 313. The summed E-state index contributed by atoms with van der Waals surface area (Å²) in [6.45, 7) is 4.78. The highest BCUT2D eigenvalue weighted by molar-refractivity contribution is 5.60. The van der Waals surface area contributed by atoms with Gasteiger partial charge in [-0.25, -0.2) is 4.79 Å². The molecule has 0 aliphatic carbocycles. The molecule has 0 bridgehead atoms. The van der Waals surface area contributed by atoms with Crippen LogP contribution < -0.4 is 0 Å². The minimum Gasteiger partial charge on any atom is -0.434 e. The number of hydrogen-bond acceptors (Lipinski definition) is 3. The van der Waals surface area contributed by atoms with Crippen LogP contribution in [0.5, 0.6) is 0 Å². The Labute approximate surface area is 162 Å². The van der Waals surface area contributed by atoms with E-state index < -0.39 is 6.16 Å². The number of rotatable bonds is 19. The fourth-order valence-corrected chi connectivity index (χ4v) is 2.96. The summed E-state index contributed by atoms with van der Waals surface area (Å²) in [6.07, 6.45) is 24.9. The quantitative estimate of drug-likeness (QED) is 0.131. The highest BCUT2D eigenvalue weighted by Gasteiger charge is 1.99. The Morgan fingerprint density at radius 1 is 0.654 bits per heavy atom. The van der Waals surface area contributed by atoms with Gasteiger partial charge in [0.15, 0.2) is 0 Å². The maximum absolute atomic E-state index is 11.2. The molecule has 0 aliphatic heterocycles. The van der Waals surface area contributed by atoms with Crippen molar-refractivity contribution in [3.8, 4) is 0 Å². The van der Waals surface area contributed by atoms with E-state index in [1.807, 2.05) is 6.08 Å². The molecule has 0 rings (SSSR count). The number of carbonyl (C=O) groups is 1. The molecule has 0 saturated heterocycles. The molecule has 3 nitrogen and oxygen atoms in total. The van der Waals surface area contributed by atoms with E-state index in [1.165, 1.54) is 96.2 Å². The van der Waals surface area contributed by atoms with Gasteiger partial charge in [0, 0.05) is 0 Å². The summed E-state index contributed by atoms with van der Waals surface area (Å²) >= 11 is 0. The van der Waals surface area contributed by atoms with Crippen LogP contribution in [0.1, 0.15) is 123 Å². The molecular formula is C23H44O3. The molecule has 0 radical (unpaired) electrons. The van der Waals surface area contributed by atoms with E-state index >= 15 is 0 Å². The molecular weight excluding hydrogens is 324 g/mol. The number of hydrogen-bond donors (Lipinski definition) is 0. The van der Waals surface area contributed by atoms with Crippen molar-refractivity contribution >= 4 is 6.16 Å². The van der Waals surface area contributed by atoms with Crippen molar-refractivity contribution in [2.24, 2.45) is 0 Å². The summed E-state index contributed by atoms with van der Waals surface area (Å²) in [6, 6.07) is 0. The lowest BCUT2D eigenvalue weighted by atomic mass is 10.0. The van der Waals surface area contributed by atoms with E-state index in [0.717, 1.165) is 19.3 Å². The molecule has 0 aliphatic rings. The van der Waals surface area contributed by atoms with E-state index in [1.54, 1.807) is 0 Å². The monoisotopic (exact) mass is 368 g/mol. The van der Waals surface area contributed by atoms with Gasteiger partial charge >= 0.3 is 6.16 Å². The number of allylic oxidation sites excluding steroid dienone is 1. The highest BCUT2D eigenvalue weighted by Crippen LogP contribution is 2.13. The lowest BCUT2D eigenvalue weighted by Gasteiger charge is -2.03. The second kappa shape index (κ2) is 22.1. The summed E-state index contributed by atoms with van der Waals surface area (Å²) in [5.41, 5.74) is 0. The Balaban J connectivity index is 3.15. The average molecular weight is 369 g/mol. The lowest BCUT2D eigenvalue weighted by molar-refractivity contribution is 0.0834. The topological polar surface area (TPSA) is 35.5 Å². The zero-order valence-corrected chi connectivity index (χ0v) is 17.6. The van der Waals surface area contributed by atoms with Crippen LogP contribution in [0.4, 0.5) is 4.79 Å². The summed E-state index contributed by atoms with van der Waals surface area (Å²) in [7, 11) is 0. The Hall–Kier alpha value is -0.990. The van der Waals surface area contributed by atoms with Gasteiger partial charge in [-0.2, -0.15) is 0 Å². The van der Waals surface area contributed by atoms with Crippen LogP contribution in [0.3, 0.4) is 0 Å². The Kier molecular flexibility index (Phi) is 21.2. The molecule has 0 fully saturated rings. The number of carbonyl (C=O) groups excluding carboxylic acids is 1. The zero-order valence-electron chi connectivity index (χ0n) is 17.6. The summed E-state index contributed by atoms with van der Waals surface area (Å²) < 4.78 is 9.76. The third-order valence-electron chi connectivity index (χ3n) is 4.70. The molecule has 0 atom stereocenters. The molecule has 154 valence electrons. The second-order valence-corrected chi connectivity index (χ2v) is 7.33. The molecule has 0 spiro atoms. The molecule has 26 heavy (non-hydrogen) atoms. The van der Waals surface area contributed by atoms with Crippen molar-refractivity contribution in [1.82, 2.24) is 0 Å². The molecule has 0 unspecified atom stereocenters. The van der Waals surface area contributed by atoms with E-state index in [0.29, 0.717) is 6.61 Å². The van der Waals surface area contributed by atoms with Gasteiger partial charge in [-0.15, -0.1) is 0 Å². The van der Waals surface area contributed by atoms with Crippen molar-refractivity contribution in [2.45, 2.75) is 123 Å². The van der Waals surface area contributed by atoms with E-state index in [9.17, 15) is 4.79 Å². The van der Waals surface area contributed by atoms with Gasteiger partial charge in [-0.3, -0.25) is 0 Å². The standard InChI is InChI=1S/C23H44O3/c1-3-5-7-8-9-10-11-12-13-14-15-16-17-18-19-20-22-26-23(24)25-21-6-4-2/h20,22H,3-19,21H2,1-2H3/b22-20+. The smallest absolute Gasteiger partial charge is 0.434 e. The SMILES string of the molecule is CCCCCCCCCCCCCCCC/C=C/OC(=O)OCCCC. The highest BCUT2D eigenvalue weighted by atomic mass is 16.7. The molecule has 3 heteroatoms. The first-order chi connectivity index (χ1) is 12.8. The van der Waals surface area contributed by atoms with Gasteiger partial charge in [0.1, 0.15) is 0 Å². The Morgan fingerprint density at radius 3 is 1.62 bits per heavy atom. The predicted octanol–water partition coefficient (Wildman–Crippen LogP) is 8.32. The van der Waals surface area contributed by atoms with Crippen molar-refractivity contribution in [2.75, 3.05) is 6.61 Å². The first kappa shape index (κ1) is 25.0. The van der Waals surface area contributed by atoms with Crippen molar-refractivity contribution in [3.05, 3.63) is 12.3 Å². The third kappa shape index (κ3) is 21.1. The van der Waals surface area contributed by atoms with Crippen molar-refractivity contribution < 1.29 is 14.3 Å². The van der Waals surface area contributed by atoms with Crippen molar-refractivity contribution in [1.29, 1.82) is 0 Å². The maximum atomic E-state index is 11.2. The summed E-state index contributed by atoms with van der Waals surface area (Å²) in [5, 5.41) is 0. The van der Waals surface area contributed by atoms with Crippen LogP contribution in [0.15, 0.2) is 12.3 Å². The summed E-state index contributed by atoms with van der Waals surface area (Å²) in [5.74, 6) is 0. The van der Waals surface area contributed by atoms with Crippen LogP contribution in [-0.4, -0.2) is 12.8 Å². The zero-order chi connectivity index (χ0) is 19.1. The van der Waals surface area contributed by atoms with Gasteiger partial charge in [0.2, 0.25) is 0 Å². The molecule has 0 aromatic rings. The third-order valence-corrected chi connectivity index (χ3v) is 4.70. The minimum absolute atomic E-state index is 0.447. The van der Waals surface area contributed by atoms with Gasteiger partial charge < -0.3 is 9.47 Å². The fourth-order valence-electron chi connectivity index (χ4n) is 2.96. The van der Waals surface area contributed by atoms with Crippen LogP contribution in [-0.2, 0) is 9.47 Å². The van der Waals surface area contributed by atoms with E-state index in [4.69, 9.17) is 9.47 Å². The van der Waals surface area contributed by atoms with Crippen molar-refractivity contribution in [3.63, 3.8) is 0 Å². The molecule has 0 amide bonds. The molecule has 0 aromatic carbocycles. The largest absolute Gasteiger partial charge is 0.513 e. The van der Waals surface area contributed by atoms with Crippen LogP contribution in [0.2, 0.25) is 0 Å². The van der Waals surface area contributed by atoms with Crippen LogP contribution >= 0.6 is 0 Å². The van der Waals surface area contributed by atoms with Crippen LogP contribution in [0, 0.1) is 0 Å². The van der Waals surface area contributed by atoms with Gasteiger partial charge in [-0.05, 0) is 25.3 Å². The second-order valence-electron chi connectivity index (χ2n) is 7.33. The first-order valence-corrected chi connectivity index (χ1v) is 11.3. The maximum Gasteiger partial charge on any atom is 0.513 e. The lowest BCUT2D eigenvalue weighted by Crippen LogP contribution is -2.04. The first-order valence-electron chi connectivity index (χ1n) is 11.3. The average Bonchev–Trinajstić information content (AvgIpc) is 2.64. The van der Waals surface area contributed by atoms with Gasteiger partial charge in [0.25, 0.3) is 0 Å². The van der Waals surface area contributed by atoms with E-state index in [2.05, 4.69) is 13.8 Å². The Morgan fingerprint density at radius 2 is 1.12 bits per heavy atom.